The lowest BCUT2D eigenvalue weighted by Gasteiger charge is -2.19. The number of rotatable bonds is 0. The molecule has 0 heterocycles. The highest BCUT2D eigenvalue weighted by atomic mass is 16.1. The first kappa shape index (κ1) is 15.4. The summed E-state index contributed by atoms with van der Waals surface area (Å²) in [6, 6.07) is 15.6. The summed E-state index contributed by atoms with van der Waals surface area (Å²) >= 11 is 0. The van der Waals surface area contributed by atoms with Gasteiger partial charge in [0.15, 0.2) is 11.6 Å². The molecule has 2 aliphatic rings. The van der Waals surface area contributed by atoms with Crippen LogP contribution in [0.2, 0.25) is 0 Å². The van der Waals surface area contributed by atoms with Gasteiger partial charge in [0.1, 0.15) is 0 Å². The average Bonchev–Trinajstić information content (AvgIpc) is 3.02. The van der Waals surface area contributed by atoms with Crippen molar-refractivity contribution < 1.29 is 9.59 Å². The molecule has 0 radical (unpaired) electrons. The van der Waals surface area contributed by atoms with Gasteiger partial charge >= 0.3 is 0 Å². The van der Waals surface area contributed by atoms with Crippen molar-refractivity contribution >= 4 is 11.6 Å². The van der Waals surface area contributed by atoms with Crippen LogP contribution in [0.4, 0.5) is 0 Å². The third-order valence-corrected chi connectivity index (χ3v) is 4.81. The molecule has 2 nitrogen and oxygen atoms in total. The van der Waals surface area contributed by atoms with Crippen LogP contribution < -0.4 is 0 Å². The van der Waals surface area contributed by atoms with E-state index >= 15 is 0 Å². The maximum Gasteiger partial charge on any atom is 0.189 e. The average molecular weight is 304 g/mol. The van der Waals surface area contributed by atoms with Crippen LogP contribution in [0.1, 0.15) is 52.1 Å². The van der Waals surface area contributed by atoms with Gasteiger partial charge in [-0.05, 0) is 17.5 Å². The zero-order valence-corrected chi connectivity index (χ0v) is 13.6. The first-order valence-electron chi connectivity index (χ1n) is 7.87. The Labute approximate surface area is 136 Å². The molecule has 0 aliphatic heterocycles. The molecule has 2 heteroatoms. The lowest BCUT2D eigenvalue weighted by atomic mass is 9.84. The number of fused-ring (bicyclic) bond motifs is 2. The molecule has 0 spiro atoms. The van der Waals surface area contributed by atoms with Crippen LogP contribution >= 0.6 is 0 Å². The Morgan fingerprint density at radius 3 is 2.13 bits per heavy atom. The molecule has 0 saturated carbocycles. The Kier molecular flexibility index (Phi) is 3.77. The number of ketones is 2. The predicted octanol–water partition coefficient (Wildman–Crippen LogP) is 4.53. The van der Waals surface area contributed by atoms with Gasteiger partial charge in [-0.3, -0.25) is 9.59 Å². The molecule has 4 rings (SSSR count). The van der Waals surface area contributed by atoms with E-state index in [1.54, 1.807) is 0 Å². The Morgan fingerprint density at radius 2 is 1.48 bits per heavy atom. The van der Waals surface area contributed by atoms with Gasteiger partial charge in [0, 0.05) is 28.5 Å². The van der Waals surface area contributed by atoms with Crippen molar-refractivity contribution in [1.82, 2.24) is 0 Å². The van der Waals surface area contributed by atoms with Gasteiger partial charge in [-0.25, -0.2) is 0 Å². The second-order valence-corrected chi connectivity index (χ2v) is 6.56. The topological polar surface area (TPSA) is 34.1 Å². The van der Waals surface area contributed by atoms with Crippen LogP contribution in [-0.2, 0) is 11.8 Å². The molecule has 116 valence electrons. The van der Waals surface area contributed by atoms with Gasteiger partial charge in [0.05, 0.1) is 0 Å². The van der Waals surface area contributed by atoms with Crippen molar-refractivity contribution in [1.29, 1.82) is 0 Å². The minimum absolute atomic E-state index is 0.0978. The Balaban J connectivity index is 0.000000140. The van der Waals surface area contributed by atoms with E-state index in [0.717, 1.165) is 23.1 Å². The fourth-order valence-electron chi connectivity index (χ4n) is 3.23. The number of allylic oxidation sites excluding steroid dienone is 1. The molecule has 0 saturated heterocycles. The number of carbonyl (C=O) groups excluding carboxylic acids is 2. The summed E-state index contributed by atoms with van der Waals surface area (Å²) in [5.74, 6) is 0.399. The number of aryl methyl sites for hydroxylation is 1. The third kappa shape index (κ3) is 2.55. The molecular formula is C21H20O2. The molecule has 0 aromatic heterocycles. The Bertz CT molecular complexity index is 812. The largest absolute Gasteiger partial charge is 0.294 e. The summed E-state index contributed by atoms with van der Waals surface area (Å²) in [5, 5.41) is 0. The Morgan fingerprint density at radius 1 is 0.870 bits per heavy atom. The molecule has 2 aromatic rings. The van der Waals surface area contributed by atoms with E-state index < -0.39 is 0 Å². The fourth-order valence-corrected chi connectivity index (χ4v) is 3.23. The fraction of sp³-hybridized carbons (Fsp3) is 0.238. The quantitative estimate of drug-likeness (QED) is 0.670. The lowest BCUT2D eigenvalue weighted by molar-refractivity contribution is 0.0993. The summed E-state index contributed by atoms with van der Waals surface area (Å²) in [7, 11) is 0. The first-order valence-corrected chi connectivity index (χ1v) is 7.87. The number of carbonyl (C=O) groups is 2. The number of hydrogen-bond acceptors (Lipinski definition) is 2. The molecule has 2 aliphatic carbocycles. The highest BCUT2D eigenvalue weighted by Gasteiger charge is 2.38. The summed E-state index contributed by atoms with van der Waals surface area (Å²) in [4.78, 5) is 22.8. The van der Waals surface area contributed by atoms with E-state index in [9.17, 15) is 9.59 Å². The van der Waals surface area contributed by atoms with Gasteiger partial charge in [0.2, 0.25) is 0 Å². The summed E-state index contributed by atoms with van der Waals surface area (Å²) < 4.78 is 0. The maximum atomic E-state index is 11.7. The van der Waals surface area contributed by atoms with Crippen molar-refractivity contribution in [2.24, 2.45) is 0 Å². The van der Waals surface area contributed by atoms with Crippen LogP contribution in [-0.4, -0.2) is 11.6 Å². The summed E-state index contributed by atoms with van der Waals surface area (Å²) in [6.45, 7) is 7.93. The molecule has 0 unspecified atom stereocenters. The van der Waals surface area contributed by atoms with Crippen LogP contribution in [0, 0.1) is 0 Å². The molecule has 0 fully saturated rings. The monoisotopic (exact) mass is 304 g/mol. The van der Waals surface area contributed by atoms with Gasteiger partial charge in [0.25, 0.3) is 0 Å². The third-order valence-electron chi connectivity index (χ3n) is 4.81. The van der Waals surface area contributed by atoms with Gasteiger partial charge in [-0.1, -0.05) is 69.0 Å². The van der Waals surface area contributed by atoms with Crippen molar-refractivity contribution in [3.8, 4) is 0 Å². The molecule has 0 bridgehead atoms. The van der Waals surface area contributed by atoms with Gasteiger partial charge < -0.3 is 0 Å². The minimum atomic E-state index is -0.187. The standard InChI is InChI=1S/C12H12O.C9H8O/c1-8-11(13)9-6-4-5-7-10(9)12(8,2)3;10-9-6-5-7-3-1-2-4-8(7)9/h4-7H,1H2,2-3H3;1-4H,5-6H2. The molecule has 0 amide bonds. The summed E-state index contributed by atoms with van der Waals surface area (Å²) in [5.41, 5.74) is 4.58. The SMILES string of the molecule is C=C1C(=O)c2ccccc2C1(C)C.O=C1CCc2ccccc21. The second kappa shape index (κ2) is 5.62. The van der Waals surface area contributed by atoms with Crippen LogP contribution in [0.25, 0.3) is 0 Å². The number of hydrogen-bond donors (Lipinski definition) is 0. The van der Waals surface area contributed by atoms with Gasteiger partial charge in [-0.15, -0.1) is 0 Å². The highest BCUT2D eigenvalue weighted by Crippen LogP contribution is 2.41. The number of benzene rings is 2. The second-order valence-electron chi connectivity index (χ2n) is 6.56. The zero-order valence-electron chi connectivity index (χ0n) is 13.6. The molecular weight excluding hydrogens is 284 g/mol. The highest BCUT2D eigenvalue weighted by molar-refractivity contribution is 6.14. The van der Waals surface area contributed by atoms with Crippen LogP contribution in [0.3, 0.4) is 0 Å². The van der Waals surface area contributed by atoms with Crippen molar-refractivity contribution in [3.05, 3.63) is 82.9 Å². The van der Waals surface area contributed by atoms with E-state index in [-0.39, 0.29) is 11.2 Å². The predicted molar refractivity (Wildman–Crippen MR) is 92.0 cm³/mol. The number of Topliss-reactive ketones (excluding diaryl/α,β-unsaturated/α-hetero) is 2. The maximum absolute atomic E-state index is 11.7. The van der Waals surface area contributed by atoms with Crippen LogP contribution in [0.15, 0.2) is 60.7 Å². The normalized spacial score (nSPS) is 17.4. The Hall–Kier alpha value is -2.48. The molecule has 2 aromatic carbocycles. The van der Waals surface area contributed by atoms with Crippen molar-refractivity contribution in [2.75, 3.05) is 0 Å². The molecule has 23 heavy (non-hydrogen) atoms. The molecule has 0 atom stereocenters. The van der Waals surface area contributed by atoms with Crippen molar-refractivity contribution in [3.63, 3.8) is 0 Å². The zero-order chi connectivity index (χ0) is 16.6. The van der Waals surface area contributed by atoms with E-state index in [1.807, 2.05) is 62.4 Å². The van der Waals surface area contributed by atoms with E-state index in [1.165, 1.54) is 5.56 Å². The van der Waals surface area contributed by atoms with E-state index in [4.69, 9.17) is 0 Å². The first-order chi connectivity index (χ1) is 10.9. The minimum Gasteiger partial charge on any atom is -0.294 e. The van der Waals surface area contributed by atoms with Crippen LogP contribution in [0.5, 0.6) is 0 Å². The lowest BCUT2D eigenvalue weighted by Crippen LogP contribution is -2.15. The smallest absolute Gasteiger partial charge is 0.189 e. The van der Waals surface area contributed by atoms with Crippen molar-refractivity contribution in [2.45, 2.75) is 32.1 Å². The van der Waals surface area contributed by atoms with Gasteiger partial charge in [-0.2, -0.15) is 0 Å². The summed E-state index contributed by atoms with van der Waals surface area (Å²) in [6.07, 6.45) is 1.65. The van der Waals surface area contributed by atoms with E-state index in [0.29, 0.717) is 17.8 Å². The molecule has 0 N–H and O–H groups in total. The van der Waals surface area contributed by atoms with E-state index in [2.05, 4.69) is 6.58 Å².